The molecule has 0 saturated heterocycles. The predicted octanol–water partition coefficient (Wildman–Crippen LogP) is 3.58. The molecule has 1 aromatic carbocycles. The van der Waals surface area contributed by atoms with Gasteiger partial charge in [-0.3, -0.25) is 0 Å². The molecule has 0 aromatic heterocycles. The molecule has 0 radical (unpaired) electrons. The second-order valence-corrected chi connectivity index (χ2v) is 5.31. The first kappa shape index (κ1) is 15.0. The van der Waals surface area contributed by atoms with Crippen LogP contribution < -0.4 is 10.6 Å². The monoisotopic (exact) mass is 318 g/mol. The number of hydrogen-bond acceptors (Lipinski definition) is 2. The van der Waals surface area contributed by atoms with E-state index < -0.39 is 0 Å². The van der Waals surface area contributed by atoms with E-state index in [1.165, 1.54) is 12.0 Å². The van der Waals surface area contributed by atoms with Crippen LogP contribution >= 0.6 is 27.5 Å². The highest BCUT2D eigenvalue weighted by molar-refractivity contribution is 9.10. The number of hydrogen-bond donors (Lipinski definition) is 2. The molecule has 0 spiro atoms. The Morgan fingerprint density at radius 3 is 2.71 bits per heavy atom. The number of rotatable bonds is 8. The van der Waals surface area contributed by atoms with E-state index in [0.717, 1.165) is 42.1 Å². The molecule has 0 heterocycles. The SMILES string of the molecule is CCCNCCCNCc1cc(Cl)ccc1Br. The largest absolute Gasteiger partial charge is 0.317 e. The van der Waals surface area contributed by atoms with Gasteiger partial charge in [0, 0.05) is 16.0 Å². The molecule has 0 atom stereocenters. The molecular weight excluding hydrogens is 300 g/mol. The molecule has 2 nitrogen and oxygen atoms in total. The van der Waals surface area contributed by atoms with Gasteiger partial charge in [0.1, 0.15) is 0 Å². The van der Waals surface area contributed by atoms with Gasteiger partial charge in [-0.25, -0.2) is 0 Å². The van der Waals surface area contributed by atoms with E-state index in [0.29, 0.717) is 0 Å². The minimum absolute atomic E-state index is 0.787. The summed E-state index contributed by atoms with van der Waals surface area (Å²) in [5.74, 6) is 0. The van der Waals surface area contributed by atoms with Crippen LogP contribution in [0.1, 0.15) is 25.3 Å². The third-order valence-electron chi connectivity index (χ3n) is 2.46. The minimum Gasteiger partial charge on any atom is -0.317 e. The van der Waals surface area contributed by atoms with Gasteiger partial charge in [0.15, 0.2) is 0 Å². The Morgan fingerprint density at radius 1 is 1.18 bits per heavy atom. The van der Waals surface area contributed by atoms with Crippen molar-refractivity contribution in [2.24, 2.45) is 0 Å². The summed E-state index contributed by atoms with van der Waals surface area (Å²) in [7, 11) is 0. The summed E-state index contributed by atoms with van der Waals surface area (Å²) < 4.78 is 1.11. The molecule has 0 saturated carbocycles. The van der Waals surface area contributed by atoms with Crippen molar-refractivity contribution in [1.29, 1.82) is 0 Å². The van der Waals surface area contributed by atoms with Crippen LogP contribution in [-0.2, 0) is 6.54 Å². The van der Waals surface area contributed by atoms with Crippen LogP contribution in [0.15, 0.2) is 22.7 Å². The van der Waals surface area contributed by atoms with E-state index in [4.69, 9.17) is 11.6 Å². The fraction of sp³-hybridized carbons (Fsp3) is 0.538. The fourth-order valence-electron chi connectivity index (χ4n) is 1.54. The molecular formula is C13H20BrClN2. The molecule has 0 aliphatic rings. The van der Waals surface area contributed by atoms with E-state index in [-0.39, 0.29) is 0 Å². The lowest BCUT2D eigenvalue weighted by Gasteiger charge is -2.08. The first-order valence-electron chi connectivity index (χ1n) is 6.09. The molecule has 0 aliphatic heterocycles. The average Bonchev–Trinajstić information content (AvgIpc) is 2.32. The van der Waals surface area contributed by atoms with Crippen LogP contribution in [0.4, 0.5) is 0 Å². The van der Waals surface area contributed by atoms with E-state index in [9.17, 15) is 0 Å². The van der Waals surface area contributed by atoms with Crippen LogP contribution in [0, 0.1) is 0 Å². The van der Waals surface area contributed by atoms with Crippen molar-refractivity contribution < 1.29 is 0 Å². The summed E-state index contributed by atoms with van der Waals surface area (Å²) in [6.07, 6.45) is 2.35. The summed E-state index contributed by atoms with van der Waals surface area (Å²) in [6.45, 7) is 6.25. The summed E-state index contributed by atoms with van der Waals surface area (Å²) in [6, 6.07) is 5.87. The topological polar surface area (TPSA) is 24.1 Å². The van der Waals surface area contributed by atoms with Gasteiger partial charge >= 0.3 is 0 Å². The normalized spacial score (nSPS) is 10.8. The Labute approximate surface area is 117 Å². The van der Waals surface area contributed by atoms with Gasteiger partial charge in [0.2, 0.25) is 0 Å². The van der Waals surface area contributed by atoms with Gasteiger partial charge in [-0.05, 0) is 56.2 Å². The molecule has 0 aliphatic carbocycles. The first-order chi connectivity index (χ1) is 8.24. The molecule has 96 valence electrons. The third-order valence-corrected chi connectivity index (χ3v) is 3.47. The summed E-state index contributed by atoms with van der Waals surface area (Å²) in [4.78, 5) is 0. The van der Waals surface area contributed by atoms with Crippen LogP contribution in [0.25, 0.3) is 0 Å². The lowest BCUT2D eigenvalue weighted by molar-refractivity contribution is 0.592. The maximum atomic E-state index is 5.96. The van der Waals surface area contributed by atoms with Gasteiger partial charge in [0.25, 0.3) is 0 Å². The highest BCUT2D eigenvalue weighted by Crippen LogP contribution is 2.20. The Hall–Kier alpha value is -0.0900. The van der Waals surface area contributed by atoms with Crippen molar-refractivity contribution >= 4 is 27.5 Å². The molecule has 2 N–H and O–H groups in total. The second-order valence-electron chi connectivity index (χ2n) is 4.02. The highest BCUT2D eigenvalue weighted by Gasteiger charge is 2.00. The fourth-order valence-corrected chi connectivity index (χ4v) is 2.12. The summed E-state index contributed by atoms with van der Waals surface area (Å²) >= 11 is 9.48. The lowest BCUT2D eigenvalue weighted by Crippen LogP contribution is -2.22. The average molecular weight is 320 g/mol. The first-order valence-corrected chi connectivity index (χ1v) is 7.26. The quantitative estimate of drug-likeness (QED) is 0.716. The van der Waals surface area contributed by atoms with E-state index in [1.807, 2.05) is 18.2 Å². The van der Waals surface area contributed by atoms with Crippen LogP contribution in [-0.4, -0.2) is 19.6 Å². The number of benzene rings is 1. The summed E-state index contributed by atoms with van der Waals surface area (Å²) in [5, 5.41) is 7.59. The zero-order chi connectivity index (χ0) is 12.5. The van der Waals surface area contributed by atoms with E-state index in [1.54, 1.807) is 0 Å². The van der Waals surface area contributed by atoms with Gasteiger partial charge in [-0.2, -0.15) is 0 Å². The molecule has 0 unspecified atom stereocenters. The molecule has 0 amide bonds. The molecule has 17 heavy (non-hydrogen) atoms. The van der Waals surface area contributed by atoms with Gasteiger partial charge in [0.05, 0.1) is 0 Å². The minimum atomic E-state index is 0.787. The third kappa shape index (κ3) is 6.41. The van der Waals surface area contributed by atoms with E-state index in [2.05, 4.69) is 33.5 Å². The Bertz CT molecular complexity index is 331. The molecule has 0 fully saturated rings. The number of nitrogens with one attached hydrogen (secondary N) is 2. The molecule has 1 rings (SSSR count). The maximum Gasteiger partial charge on any atom is 0.0410 e. The van der Waals surface area contributed by atoms with Crippen molar-refractivity contribution in [1.82, 2.24) is 10.6 Å². The molecule has 0 bridgehead atoms. The molecule has 1 aromatic rings. The molecule has 4 heteroatoms. The Balaban J connectivity index is 2.15. The van der Waals surface area contributed by atoms with Crippen LogP contribution in [0.2, 0.25) is 5.02 Å². The predicted molar refractivity (Wildman–Crippen MR) is 78.6 cm³/mol. The van der Waals surface area contributed by atoms with Crippen molar-refractivity contribution in [2.75, 3.05) is 19.6 Å². The van der Waals surface area contributed by atoms with Gasteiger partial charge in [-0.1, -0.05) is 34.5 Å². The van der Waals surface area contributed by atoms with Crippen molar-refractivity contribution in [3.8, 4) is 0 Å². The van der Waals surface area contributed by atoms with Crippen LogP contribution in [0.3, 0.4) is 0 Å². The smallest absolute Gasteiger partial charge is 0.0410 e. The number of halogens is 2. The van der Waals surface area contributed by atoms with E-state index >= 15 is 0 Å². The second kappa shape index (κ2) is 8.92. The Kier molecular flexibility index (Phi) is 7.86. The summed E-state index contributed by atoms with van der Waals surface area (Å²) in [5.41, 5.74) is 1.21. The van der Waals surface area contributed by atoms with Gasteiger partial charge in [-0.15, -0.1) is 0 Å². The van der Waals surface area contributed by atoms with Gasteiger partial charge < -0.3 is 10.6 Å². The van der Waals surface area contributed by atoms with Crippen molar-refractivity contribution in [3.05, 3.63) is 33.3 Å². The highest BCUT2D eigenvalue weighted by atomic mass is 79.9. The Morgan fingerprint density at radius 2 is 1.94 bits per heavy atom. The lowest BCUT2D eigenvalue weighted by atomic mass is 10.2. The van der Waals surface area contributed by atoms with Crippen molar-refractivity contribution in [3.63, 3.8) is 0 Å². The van der Waals surface area contributed by atoms with Crippen LogP contribution in [0.5, 0.6) is 0 Å². The van der Waals surface area contributed by atoms with Crippen molar-refractivity contribution in [2.45, 2.75) is 26.3 Å². The maximum absolute atomic E-state index is 5.96. The zero-order valence-electron chi connectivity index (χ0n) is 10.2. The standard InChI is InChI=1S/C13H20BrClN2/c1-2-6-16-7-3-8-17-10-11-9-12(15)4-5-13(11)14/h4-5,9,16-17H,2-3,6-8,10H2,1H3. The zero-order valence-corrected chi connectivity index (χ0v) is 12.6.